The van der Waals surface area contributed by atoms with E-state index in [1.54, 1.807) is 11.6 Å². The molecule has 7 nitrogen and oxygen atoms in total. The molecule has 96 valence electrons. The van der Waals surface area contributed by atoms with Crippen molar-refractivity contribution < 1.29 is 9.66 Å². The van der Waals surface area contributed by atoms with Crippen molar-refractivity contribution >= 4 is 22.1 Å². The van der Waals surface area contributed by atoms with E-state index in [9.17, 15) is 10.1 Å². The van der Waals surface area contributed by atoms with E-state index in [4.69, 9.17) is 4.74 Å². The van der Waals surface area contributed by atoms with Crippen molar-refractivity contribution in [1.82, 2.24) is 14.7 Å². The Morgan fingerprint density at radius 2 is 2.56 bits per heavy atom. The van der Waals surface area contributed by atoms with Crippen LogP contribution in [0.1, 0.15) is 12.8 Å². The average molecular weight is 268 g/mol. The van der Waals surface area contributed by atoms with Crippen molar-refractivity contribution in [3.8, 4) is 5.88 Å². The standard InChI is InChI=1S/C10H12N4O3S/c15-14(16)9-8(12-10-13(9)4-5-18-10)17-7-2-1-3-11-6-7/h4-5,7,11H,1-3,6H2. The van der Waals surface area contributed by atoms with Crippen LogP contribution in [-0.4, -0.2) is 33.5 Å². The zero-order valence-corrected chi connectivity index (χ0v) is 10.4. The lowest BCUT2D eigenvalue weighted by molar-refractivity contribution is -0.391. The fourth-order valence-electron chi connectivity index (χ4n) is 2.08. The van der Waals surface area contributed by atoms with Crippen LogP contribution in [0.25, 0.3) is 4.96 Å². The Balaban J connectivity index is 1.92. The summed E-state index contributed by atoms with van der Waals surface area (Å²) in [5.41, 5.74) is 0. The molecule has 0 spiro atoms. The zero-order chi connectivity index (χ0) is 12.5. The van der Waals surface area contributed by atoms with Gasteiger partial charge in [-0.2, -0.15) is 9.38 Å². The SMILES string of the molecule is O=[N+]([O-])c1c(OC2CCCNC2)nc2sccn12. The van der Waals surface area contributed by atoms with Gasteiger partial charge in [0.05, 0.1) is 0 Å². The second-order valence-electron chi connectivity index (χ2n) is 4.14. The summed E-state index contributed by atoms with van der Waals surface area (Å²) in [6, 6.07) is 0. The maximum atomic E-state index is 11.1. The molecule has 2 aromatic rings. The number of piperidine rings is 1. The molecule has 1 saturated heterocycles. The van der Waals surface area contributed by atoms with Gasteiger partial charge in [0, 0.05) is 11.9 Å². The van der Waals surface area contributed by atoms with Gasteiger partial charge < -0.3 is 20.2 Å². The smallest absolute Gasteiger partial charge is 0.393 e. The molecule has 1 aliphatic heterocycles. The molecule has 2 aromatic heterocycles. The summed E-state index contributed by atoms with van der Waals surface area (Å²) < 4.78 is 7.12. The second kappa shape index (κ2) is 4.54. The van der Waals surface area contributed by atoms with E-state index >= 15 is 0 Å². The second-order valence-corrected chi connectivity index (χ2v) is 5.01. The van der Waals surface area contributed by atoms with E-state index in [0.717, 1.165) is 19.4 Å². The van der Waals surface area contributed by atoms with Gasteiger partial charge in [0.1, 0.15) is 12.3 Å². The molecule has 3 rings (SSSR count). The summed E-state index contributed by atoms with van der Waals surface area (Å²) in [7, 11) is 0. The lowest BCUT2D eigenvalue weighted by Crippen LogP contribution is -2.37. The number of nitro groups is 1. The largest absolute Gasteiger partial charge is 0.467 e. The van der Waals surface area contributed by atoms with Crippen molar-refractivity contribution in [1.29, 1.82) is 0 Å². The quantitative estimate of drug-likeness (QED) is 0.672. The number of nitrogens with zero attached hydrogens (tertiary/aromatic N) is 3. The number of nitrogens with one attached hydrogen (secondary N) is 1. The predicted molar refractivity (Wildman–Crippen MR) is 66.2 cm³/mol. The molecule has 8 heteroatoms. The Hall–Kier alpha value is -1.67. The minimum absolute atomic E-state index is 0.0398. The summed E-state index contributed by atoms with van der Waals surface area (Å²) in [4.78, 5) is 15.4. The van der Waals surface area contributed by atoms with Crippen LogP contribution < -0.4 is 10.1 Å². The fourth-order valence-corrected chi connectivity index (χ4v) is 2.78. The summed E-state index contributed by atoms with van der Waals surface area (Å²) in [6.07, 6.45) is 3.51. The molecule has 0 aliphatic carbocycles. The molecular formula is C10H12N4O3S. The molecule has 0 aromatic carbocycles. The summed E-state index contributed by atoms with van der Waals surface area (Å²) in [5.74, 6) is 0.0392. The molecule has 1 fully saturated rings. The van der Waals surface area contributed by atoms with E-state index in [0.29, 0.717) is 11.5 Å². The lowest BCUT2D eigenvalue weighted by atomic mass is 10.1. The van der Waals surface area contributed by atoms with Crippen LogP contribution in [0.5, 0.6) is 5.88 Å². The topological polar surface area (TPSA) is 81.7 Å². The third-order valence-corrected chi connectivity index (χ3v) is 3.67. The van der Waals surface area contributed by atoms with E-state index in [1.165, 1.54) is 15.7 Å². The van der Waals surface area contributed by atoms with Gasteiger partial charge in [-0.25, -0.2) is 0 Å². The summed E-state index contributed by atoms with van der Waals surface area (Å²) in [6.45, 7) is 1.68. The first-order valence-electron chi connectivity index (χ1n) is 5.73. The van der Waals surface area contributed by atoms with Gasteiger partial charge in [0.25, 0.3) is 4.96 Å². The van der Waals surface area contributed by atoms with Crippen LogP contribution in [0.15, 0.2) is 11.6 Å². The minimum Gasteiger partial charge on any atom is -0.467 e. The van der Waals surface area contributed by atoms with Crippen LogP contribution in [0.4, 0.5) is 5.82 Å². The molecule has 0 bridgehead atoms. The van der Waals surface area contributed by atoms with Crippen molar-refractivity contribution in [2.75, 3.05) is 13.1 Å². The lowest BCUT2D eigenvalue weighted by Gasteiger charge is -2.22. The van der Waals surface area contributed by atoms with Crippen molar-refractivity contribution in [3.05, 3.63) is 21.7 Å². The van der Waals surface area contributed by atoms with Gasteiger partial charge >= 0.3 is 11.7 Å². The number of fused-ring (bicyclic) bond motifs is 1. The molecule has 1 N–H and O–H groups in total. The van der Waals surface area contributed by atoms with Gasteiger partial charge in [-0.1, -0.05) is 11.3 Å². The first-order valence-corrected chi connectivity index (χ1v) is 6.61. The van der Waals surface area contributed by atoms with Gasteiger partial charge in [-0.15, -0.1) is 0 Å². The van der Waals surface area contributed by atoms with Gasteiger partial charge in [0.2, 0.25) is 0 Å². The van der Waals surface area contributed by atoms with E-state index in [1.807, 2.05) is 0 Å². The number of hydrogen-bond acceptors (Lipinski definition) is 6. The van der Waals surface area contributed by atoms with Crippen LogP contribution in [-0.2, 0) is 0 Å². The van der Waals surface area contributed by atoms with Crippen LogP contribution in [0.3, 0.4) is 0 Å². The summed E-state index contributed by atoms with van der Waals surface area (Å²) >= 11 is 1.35. The summed E-state index contributed by atoms with van der Waals surface area (Å²) in [5, 5.41) is 16.1. The average Bonchev–Trinajstić information content (AvgIpc) is 2.89. The normalized spacial score (nSPS) is 20.1. The third kappa shape index (κ3) is 1.93. The zero-order valence-electron chi connectivity index (χ0n) is 9.54. The number of aromatic nitrogens is 2. The van der Waals surface area contributed by atoms with Crippen molar-refractivity contribution in [3.63, 3.8) is 0 Å². The van der Waals surface area contributed by atoms with Crippen molar-refractivity contribution in [2.45, 2.75) is 18.9 Å². The number of rotatable bonds is 3. The molecular weight excluding hydrogens is 256 g/mol. The molecule has 1 unspecified atom stereocenters. The van der Waals surface area contributed by atoms with Crippen LogP contribution in [0.2, 0.25) is 0 Å². The first-order chi connectivity index (χ1) is 8.75. The Morgan fingerprint density at radius 1 is 1.67 bits per heavy atom. The molecule has 0 saturated carbocycles. The highest BCUT2D eigenvalue weighted by atomic mass is 32.1. The Kier molecular flexibility index (Phi) is 2.88. The Labute approximate surface area is 107 Å². The molecule has 0 amide bonds. The maximum Gasteiger partial charge on any atom is 0.393 e. The highest BCUT2D eigenvalue weighted by Crippen LogP contribution is 2.31. The van der Waals surface area contributed by atoms with E-state index in [2.05, 4.69) is 10.3 Å². The number of hydrogen-bond donors (Lipinski definition) is 1. The Morgan fingerprint density at radius 3 is 3.28 bits per heavy atom. The Bertz CT molecular complexity index is 573. The highest BCUT2D eigenvalue weighted by Gasteiger charge is 2.27. The maximum absolute atomic E-state index is 11.1. The van der Waals surface area contributed by atoms with Gasteiger partial charge in [0.15, 0.2) is 0 Å². The van der Waals surface area contributed by atoms with Crippen molar-refractivity contribution in [2.24, 2.45) is 0 Å². The fraction of sp³-hybridized carbons (Fsp3) is 0.500. The number of thiazole rings is 1. The van der Waals surface area contributed by atoms with Gasteiger partial charge in [-0.05, 0) is 24.3 Å². The monoisotopic (exact) mass is 268 g/mol. The van der Waals surface area contributed by atoms with Crippen LogP contribution in [0, 0.1) is 10.1 Å². The molecule has 1 aliphatic rings. The molecule has 1 atom stereocenters. The molecule has 0 radical (unpaired) electrons. The molecule has 3 heterocycles. The molecule has 18 heavy (non-hydrogen) atoms. The minimum atomic E-state index is -0.446. The number of imidazole rings is 1. The first kappa shape index (κ1) is 11.4. The predicted octanol–water partition coefficient (Wildman–Crippen LogP) is 1.43. The van der Waals surface area contributed by atoms with E-state index in [-0.39, 0.29) is 17.8 Å². The third-order valence-electron chi connectivity index (χ3n) is 2.91. The van der Waals surface area contributed by atoms with E-state index < -0.39 is 4.92 Å². The van der Waals surface area contributed by atoms with Gasteiger partial charge in [-0.3, -0.25) is 0 Å². The van der Waals surface area contributed by atoms with Crippen LogP contribution >= 0.6 is 11.3 Å². The number of ether oxygens (including phenoxy) is 1. The highest BCUT2D eigenvalue weighted by molar-refractivity contribution is 7.15.